The number of carbonyl (C=O) groups excluding carboxylic acids is 2. The van der Waals surface area contributed by atoms with Gasteiger partial charge in [0.25, 0.3) is 0 Å². The molecular formula is C25H24O5. The van der Waals surface area contributed by atoms with E-state index < -0.39 is 11.9 Å². The van der Waals surface area contributed by atoms with Crippen LogP contribution >= 0.6 is 0 Å². The molecule has 0 N–H and O–H groups in total. The van der Waals surface area contributed by atoms with Crippen LogP contribution in [-0.4, -0.2) is 25.2 Å². The molecule has 0 fully saturated rings. The first kappa shape index (κ1) is 21.1. The van der Waals surface area contributed by atoms with E-state index in [4.69, 9.17) is 14.2 Å². The van der Waals surface area contributed by atoms with E-state index in [0.717, 1.165) is 18.4 Å². The van der Waals surface area contributed by atoms with Gasteiger partial charge in [-0.2, -0.15) is 0 Å². The summed E-state index contributed by atoms with van der Waals surface area (Å²) in [4.78, 5) is 24.7. The summed E-state index contributed by atoms with van der Waals surface area (Å²) in [5.41, 5.74) is 1.81. The molecule has 3 aromatic rings. The Labute approximate surface area is 176 Å². The van der Waals surface area contributed by atoms with Crippen LogP contribution in [0, 0.1) is 0 Å². The molecule has 0 aliphatic rings. The van der Waals surface area contributed by atoms with Crippen molar-refractivity contribution < 1.29 is 23.8 Å². The number of carbonyl (C=O) groups is 2. The van der Waals surface area contributed by atoms with Gasteiger partial charge in [-0.3, -0.25) is 0 Å². The maximum absolute atomic E-state index is 12.7. The molecule has 0 saturated carbocycles. The van der Waals surface area contributed by atoms with Crippen LogP contribution in [0.1, 0.15) is 39.6 Å². The van der Waals surface area contributed by atoms with Crippen molar-refractivity contribution in [2.75, 3.05) is 13.2 Å². The molecule has 0 amide bonds. The van der Waals surface area contributed by atoms with Crippen LogP contribution in [0.15, 0.2) is 78.9 Å². The molecule has 5 heteroatoms. The quantitative estimate of drug-likeness (QED) is 0.367. The Kier molecular flexibility index (Phi) is 7.61. The van der Waals surface area contributed by atoms with E-state index in [0.29, 0.717) is 30.1 Å². The van der Waals surface area contributed by atoms with Crippen molar-refractivity contribution in [2.24, 2.45) is 0 Å². The normalized spacial score (nSPS) is 10.3. The van der Waals surface area contributed by atoms with Gasteiger partial charge in [0.15, 0.2) is 0 Å². The minimum Gasteiger partial charge on any atom is -0.492 e. The lowest BCUT2D eigenvalue weighted by atomic mass is 10.1. The van der Waals surface area contributed by atoms with Gasteiger partial charge in [-0.1, -0.05) is 55.5 Å². The van der Waals surface area contributed by atoms with Gasteiger partial charge in [-0.15, -0.1) is 0 Å². The van der Waals surface area contributed by atoms with Crippen LogP contribution in [-0.2, 0) is 11.2 Å². The summed E-state index contributed by atoms with van der Waals surface area (Å²) < 4.78 is 16.4. The fourth-order valence-corrected chi connectivity index (χ4v) is 2.81. The summed E-state index contributed by atoms with van der Waals surface area (Å²) in [6, 6.07) is 23.3. The molecule has 30 heavy (non-hydrogen) atoms. The zero-order valence-electron chi connectivity index (χ0n) is 16.9. The molecule has 0 unspecified atom stereocenters. The standard InChI is InChI=1S/C25H24O5/c1-2-16-29-24(26)20-11-8-12-21(18-20)30-25(27)22-13-6-7-14-23(22)28-17-15-19-9-4-3-5-10-19/h3-14,18H,2,15-17H2,1H3. The van der Waals surface area contributed by atoms with Gasteiger partial charge in [0, 0.05) is 6.42 Å². The highest BCUT2D eigenvalue weighted by molar-refractivity contribution is 5.94. The maximum Gasteiger partial charge on any atom is 0.347 e. The molecule has 0 saturated heterocycles. The van der Waals surface area contributed by atoms with Gasteiger partial charge in [0.1, 0.15) is 17.1 Å². The fourth-order valence-electron chi connectivity index (χ4n) is 2.81. The zero-order chi connectivity index (χ0) is 21.2. The first-order chi connectivity index (χ1) is 14.7. The summed E-state index contributed by atoms with van der Waals surface area (Å²) in [7, 11) is 0. The van der Waals surface area contributed by atoms with E-state index in [-0.39, 0.29) is 5.75 Å². The molecule has 0 heterocycles. The number of hydrogen-bond donors (Lipinski definition) is 0. The number of rotatable bonds is 9. The topological polar surface area (TPSA) is 61.8 Å². The second-order valence-corrected chi connectivity index (χ2v) is 6.63. The summed E-state index contributed by atoms with van der Waals surface area (Å²) in [5, 5.41) is 0. The highest BCUT2D eigenvalue weighted by atomic mass is 16.5. The predicted molar refractivity (Wildman–Crippen MR) is 114 cm³/mol. The third kappa shape index (κ3) is 5.95. The van der Waals surface area contributed by atoms with Crippen molar-refractivity contribution >= 4 is 11.9 Å². The van der Waals surface area contributed by atoms with E-state index in [9.17, 15) is 9.59 Å². The van der Waals surface area contributed by atoms with Crippen molar-refractivity contribution in [3.8, 4) is 11.5 Å². The van der Waals surface area contributed by atoms with Crippen LogP contribution in [0.5, 0.6) is 11.5 Å². The lowest BCUT2D eigenvalue weighted by molar-refractivity contribution is 0.0503. The van der Waals surface area contributed by atoms with E-state index in [1.807, 2.05) is 37.3 Å². The monoisotopic (exact) mass is 404 g/mol. The molecule has 3 aromatic carbocycles. The minimum absolute atomic E-state index is 0.269. The number of para-hydroxylation sites is 1. The van der Waals surface area contributed by atoms with Crippen molar-refractivity contribution in [1.29, 1.82) is 0 Å². The summed E-state index contributed by atoms with van der Waals surface area (Å²) in [5.74, 6) is -0.272. The lowest BCUT2D eigenvalue weighted by Crippen LogP contribution is -2.12. The highest BCUT2D eigenvalue weighted by Gasteiger charge is 2.16. The summed E-state index contributed by atoms with van der Waals surface area (Å²) >= 11 is 0. The Hall–Kier alpha value is -3.60. The van der Waals surface area contributed by atoms with Crippen molar-refractivity contribution in [1.82, 2.24) is 0 Å². The van der Waals surface area contributed by atoms with E-state index in [2.05, 4.69) is 0 Å². The molecule has 0 atom stereocenters. The Balaban J connectivity index is 1.65. The molecule has 0 spiro atoms. The average Bonchev–Trinajstić information content (AvgIpc) is 2.78. The molecule has 0 aliphatic carbocycles. The van der Waals surface area contributed by atoms with E-state index in [1.165, 1.54) is 6.07 Å². The second kappa shape index (κ2) is 10.8. The van der Waals surface area contributed by atoms with Crippen LogP contribution < -0.4 is 9.47 Å². The Bertz CT molecular complexity index is 982. The molecule has 5 nitrogen and oxygen atoms in total. The molecule has 0 radical (unpaired) electrons. The summed E-state index contributed by atoms with van der Waals surface area (Å²) in [6.07, 6.45) is 1.47. The van der Waals surface area contributed by atoms with Gasteiger partial charge in [0.05, 0.1) is 18.8 Å². The molecule has 0 bridgehead atoms. The zero-order valence-corrected chi connectivity index (χ0v) is 16.9. The van der Waals surface area contributed by atoms with E-state index in [1.54, 1.807) is 42.5 Å². The smallest absolute Gasteiger partial charge is 0.347 e. The molecule has 154 valence electrons. The van der Waals surface area contributed by atoms with Gasteiger partial charge in [-0.05, 0) is 42.3 Å². The number of hydrogen-bond acceptors (Lipinski definition) is 5. The van der Waals surface area contributed by atoms with Gasteiger partial charge in [-0.25, -0.2) is 9.59 Å². The van der Waals surface area contributed by atoms with Crippen molar-refractivity contribution in [2.45, 2.75) is 19.8 Å². The Morgan fingerprint density at radius 3 is 2.37 bits per heavy atom. The molecule has 0 aromatic heterocycles. The van der Waals surface area contributed by atoms with Crippen LogP contribution in [0.4, 0.5) is 0 Å². The Morgan fingerprint density at radius 2 is 1.57 bits per heavy atom. The van der Waals surface area contributed by atoms with Crippen LogP contribution in [0.25, 0.3) is 0 Å². The first-order valence-electron chi connectivity index (χ1n) is 9.92. The van der Waals surface area contributed by atoms with Crippen molar-refractivity contribution in [3.05, 3.63) is 95.6 Å². The number of benzene rings is 3. The van der Waals surface area contributed by atoms with Crippen LogP contribution in [0.2, 0.25) is 0 Å². The van der Waals surface area contributed by atoms with Crippen molar-refractivity contribution in [3.63, 3.8) is 0 Å². The summed E-state index contributed by atoms with van der Waals surface area (Å²) in [6.45, 7) is 2.70. The minimum atomic E-state index is -0.551. The number of esters is 2. The Morgan fingerprint density at radius 1 is 0.800 bits per heavy atom. The average molecular weight is 404 g/mol. The highest BCUT2D eigenvalue weighted by Crippen LogP contribution is 2.22. The molecule has 3 rings (SSSR count). The predicted octanol–water partition coefficient (Wildman–Crippen LogP) is 5.09. The molecule has 0 aliphatic heterocycles. The SMILES string of the molecule is CCCOC(=O)c1cccc(OC(=O)c2ccccc2OCCc2ccccc2)c1. The third-order valence-corrected chi connectivity index (χ3v) is 4.32. The lowest BCUT2D eigenvalue weighted by Gasteiger charge is -2.11. The van der Waals surface area contributed by atoms with Gasteiger partial charge >= 0.3 is 11.9 Å². The van der Waals surface area contributed by atoms with Crippen LogP contribution in [0.3, 0.4) is 0 Å². The third-order valence-electron chi connectivity index (χ3n) is 4.32. The fraction of sp³-hybridized carbons (Fsp3) is 0.200. The largest absolute Gasteiger partial charge is 0.492 e. The first-order valence-corrected chi connectivity index (χ1v) is 9.92. The molecular weight excluding hydrogens is 380 g/mol. The number of ether oxygens (including phenoxy) is 3. The van der Waals surface area contributed by atoms with Gasteiger partial charge < -0.3 is 14.2 Å². The maximum atomic E-state index is 12.7. The van der Waals surface area contributed by atoms with E-state index >= 15 is 0 Å². The second-order valence-electron chi connectivity index (χ2n) is 6.63. The van der Waals surface area contributed by atoms with Gasteiger partial charge in [0.2, 0.25) is 0 Å².